The van der Waals surface area contributed by atoms with Crippen molar-refractivity contribution >= 4 is 11.7 Å². The zero-order chi connectivity index (χ0) is 16.4. The average molecular weight is 310 g/mol. The van der Waals surface area contributed by atoms with Crippen LogP contribution < -0.4 is 15.4 Å². The number of nitrogens with one attached hydrogen (secondary N) is 2. The summed E-state index contributed by atoms with van der Waals surface area (Å²) in [7, 11) is 1.61. The van der Waals surface area contributed by atoms with Gasteiger partial charge in [0.15, 0.2) is 0 Å². The van der Waals surface area contributed by atoms with Gasteiger partial charge in [-0.25, -0.2) is 4.79 Å². The summed E-state index contributed by atoms with van der Waals surface area (Å²) < 4.78 is 10.4. The van der Waals surface area contributed by atoms with E-state index in [1.165, 1.54) is 0 Å². The lowest BCUT2D eigenvalue weighted by Gasteiger charge is -2.22. The highest BCUT2D eigenvalue weighted by molar-refractivity contribution is 5.89. The number of methoxy groups -OCH3 is 1. The normalized spacial score (nSPS) is 13.3. The molecule has 0 fully saturated rings. The number of anilines is 1. The van der Waals surface area contributed by atoms with E-state index >= 15 is 0 Å². The molecule has 0 bridgehead atoms. The highest BCUT2D eigenvalue weighted by Crippen LogP contribution is 2.17. The van der Waals surface area contributed by atoms with Gasteiger partial charge in [-0.05, 0) is 18.1 Å². The van der Waals surface area contributed by atoms with E-state index in [0.717, 1.165) is 6.42 Å². The highest BCUT2D eigenvalue weighted by atomic mass is 16.5. The summed E-state index contributed by atoms with van der Waals surface area (Å²) in [5, 5.41) is 14.9. The summed E-state index contributed by atoms with van der Waals surface area (Å²) in [6, 6.07) is 6.54. The molecule has 0 aliphatic rings. The van der Waals surface area contributed by atoms with Gasteiger partial charge in [0, 0.05) is 18.9 Å². The summed E-state index contributed by atoms with van der Waals surface area (Å²) in [4.78, 5) is 12.0. The molecule has 1 aromatic rings. The molecular weight excluding hydrogens is 284 g/mol. The zero-order valence-corrected chi connectivity index (χ0v) is 13.5. The van der Waals surface area contributed by atoms with E-state index in [1.807, 2.05) is 19.9 Å². The van der Waals surface area contributed by atoms with Crippen LogP contribution in [0.1, 0.15) is 20.3 Å². The Balaban J connectivity index is 2.54. The van der Waals surface area contributed by atoms with Gasteiger partial charge in [0.05, 0.1) is 19.3 Å². The van der Waals surface area contributed by atoms with Gasteiger partial charge in [-0.3, -0.25) is 0 Å². The molecule has 1 aromatic carbocycles. The first-order valence-corrected chi connectivity index (χ1v) is 7.50. The summed E-state index contributed by atoms with van der Waals surface area (Å²) in [5.41, 5.74) is 0.633. The van der Waals surface area contributed by atoms with Crippen LogP contribution >= 0.6 is 0 Å². The van der Waals surface area contributed by atoms with E-state index in [9.17, 15) is 9.90 Å². The van der Waals surface area contributed by atoms with Crippen LogP contribution in [0, 0.1) is 5.92 Å². The average Bonchev–Trinajstić information content (AvgIpc) is 2.52. The van der Waals surface area contributed by atoms with Crippen LogP contribution in [0.2, 0.25) is 0 Å². The predicted octanol–water partition coefficient (Wildman–Crippen LogP) is 2.24. The minimum Gasteiger partial charge on any atom is -0.491 e. The molecule has 2 amide bonds. The predicted molar refractivity (Wildman–Crippen MR) is 86.3 cm³/mol. The third-order valence-corrected chi connectivity index (χ3v) is 3.49. The Morgan fingerprint density at radius 3 is 2.77 bits per heavy atom. The molecule has 0 aliphatic heterocycles. The number of aliphatic hydroxyl groups excluding tert-OH is 1. The Hall–Kier alpha value is -1.79. The van der Waals surface area contributed by atoms with E-state index in [-0.39, 0.29) is 24.6 Å². The Morgan fingerprint density at radius 2 is 2.14 bits per heavy atom. The molecule has 6 heteroatoms. The van der Waals surface area contributed by atoms with Crippen LogP contribution in [0.5, 0.6) is 5.75 Å². The van der Waals surface area contributed by atoms with Crippen LogP contribution in [0.3, 0.4) is 0 Å². The topological polar surface area (TPSA) is 79.8 Å². The van der Waals surface area contributed by atoms with Crippen molar-refractivity contribution in [3.05, 3.63) is 24.3 Å². The molecule has 6 nitrogen and oxygen atoms in total. The SMILES string of the molecule is CC[C@@H](C)[C@@H](CO)NC(=O)Nc1cccc(OCCOC)c1. The lowest BCUT2D eigenvalue weighted by Crippen LogP contribution is -2.43. The second-order valence-corrected chi connectivity index (χ2v) is 5.14. The van der Waals surface area contributed by atoms with Crippen LogP contribution in [-0.2, 0) is 4.74 Å². The van der Waals surface area contributed by atoms with Gasteiger partial charge in [0.1, 0.15) is 12.4 Å². The van der Waals surface area contributed by atoms with Gasteiger partial charge >= 0.3 is 6.03 Å². The van der Waals surface area contributed by atoms with Gasteiger partial charge in [-0.2, -0.15) is 0 Å². The monoisotopic (exact) mass is 310 g/mol. The number of ether oxygens (including phenoxy) is 2. The maximum atomic E-state index is 12.0. The Kier molecular flexibility index (Phi) is 8.32. The minimum absolute atomic E-state index is 0.0808. The fourth-order valence-electron chi connectivity index (χ4n) is 1.89. The number of benzene rings is 1. The molecular formula is C16H26N2O4. The molecule has 3 N–H and O–H groups in total. The molecule has 0 saturated carbocycles. The van der Waals surface area contributed by atoms with E-state index < -0.39 is 0 Å². The molecule has 0 unspecified atom stereocenters. The molecule has 0 aromatic heterocycles. The van der Waals surface area contributed by atoms with Gasteiger partial charge in [-0.15, -0.1) is 0 Å². The van der Waals surface area contributed by atoms with E-state index in [1.54, 1.807) is 25.3 Å². The van der Waals surface area contributed by atoms with Crippen molar-refractivity contribution in [2.45, 2.75) is 26.3 Å². The molecule has 0 heterocycles. The standard InChI is InChI=1S/C16H26N2O4/c1-4-12(2)15(11-19)18-16(20)17-13-6-5-7-14(10-13)22-9-8-21-3/h5-7,10,12,15,19H,4,8-9,11H2,1-3H3,(H2,17,18,20)/t12-,15-/m1/s1. The zero-order valence-electron chi connectivity index (χ0n) is 13.5. The fourth-order valence-corrected chi connectivity index (χ4v) is 1.89. The third kappa shape index (κ3) is 6.32. The molecule has 22 heavy (non-hydrogen) atoms. The minimum atomic E-state index is -0.339. The van der Waals surface area contributed by atoms with Crippen molar-refractivity contribution in [3.8, 4) is 5.75 Å². The molecule has 1 rings (SSSR count). The number of rotatable bonds is 9. The van der Waals surface area contributed by atoms with E-state index in [4.69, 9.17) is 9.47 Å². The third-order valence-electron chi connectivity index (χ3n) is 3.49. The van der Waals surface area contributed by atoms with Gasteiger partial charge in [0.25, 0.3) is 0 Å². The fraction of sp³-hybridized carbons (Fsp3) is 0.562. The maximum absolute atomic E-state index is 12.0. The number of carbonyl (C=O) groups is 1. The van der Waals surface area contributed by atoms with Crippen molar-refractivity contribution in [2.24, 2.45) is 5.92 Å². The first-order chi connectivity index (χ1) is 10.6. The number of amides is 2. The molecule has 124 valence electrons. The van der Waals surface area contributed by atoms with Crippen LogP contribution in [-0.4, -0.2) is 44.1 Å². The number of hydrogen-bond donors (Lipinski definition) is 3. The molecule has 0 spiro atoms. The largest absolute Gasteiger partial charge is 0.491 e. The van der Waals surface area contributed by atoms with Crippen molar-refractivity contribution < 1.29 is 19.4 Å². The Labute approximate surface area is 131 Å². The lowest BCUT2D eigenvalue weighted by molar-refractivity contribution is 0.146. The second-order valence-electron chi connectivity index (χ2n) is 5.14. The quantitative estimate of drug-likeness (QED) is 0.611. The van der Waals surface area contributed by atoms with E-state index in [2.05, 4.69) is 10.6 Å². The smallest absolute Gasteiger partial charge is 0.319 e. The molecule has 0 aliphatic carbocycles. The van der Waals surface area contributed by atoms with E-state index in [0.29, 0.717) is 24.7 Å². The van der Waals surface area contributed by atoms with Gasteiger partial charge < -0.3 is 25.2 Å². The Morgan fingerprint density at radius 1 is 1.36 bits per heavy atom. The first-order valence-electron chi connectivity index (χ1n) is 7.50. The van der Waals surface area contributed by atoms with Crippen LogP contribution in [0.4, 0.5) is 10.5 Å². The molecule has 2 atom stereocenters. The highest BCUT2D eigenvalue weighted by Gasteiger charge is 2.17. The number of urea groups is 1. The van der Waals surface area contributed by atoms with Crippen molar-refractivity contribution in [1.82, 2.24) is 5.32 Å². The lowest BCUT2D eigenvalue weighted by atomic mass is 10.0. The number of carbonyl (C=O) groups excluding carboxylic acids is 1. The summed E-state index contributed by atoms with van der Waals surface area (Å²) in [6.45, 7) is 4.89. The maximum Gasteiger partial charge on any atom is 0.319 e. The first kappa shape index (κ1) is 18.3. The van der Waals surface area contributed by atoms with Gasteiger partial charge in [-0.1, -0.05) is 26.3 Å². The summed E-state index contributed by atoms with van der Waals surface area (Å²) in [6.07, 6.45) is 0.883. The van der Waals surface area contributed by atoms with Crippen molar-refractivity contribution in [1.29, 1.82) is 0 Å². The summed E-state index contributed by atoms with van der Waals surface area (Å²) in [5.74, 6) is 0.870. The number of hydrogen-bond acceptors (Lipinski definition) is 4. The Bertz CT molecular complexity index is 454. The van der Waals surface area contributed by atoms with Crippen molar-refractivity contribution in [2.75, 3.05) is 32.2 Å². The second kappa shape index (κ2) is 10.0. The molecule has 0 saturated heterocycles. The van der Waals surface area contributed by atoms with Crippen molar-refractivity contribution in [3.63, 3.8) is 0 Å². The summed E-state index contributed by atoms with van der Waals surface area (Å²) >= 11 is 0. The van der Waals surface area contributed by atoms with Crippen LogP contribution in [0.25, 0.3) is 0 Å². The number of aliphatic hydroxyl groups is 1. The molecule has 0 radical (unpaired) electrons. The van der Waals surface area contributed by atoms with Crippen LogP contribution in [0.15, 0.2) is 24.3 Å². The van der Waals surface area contributed by atoms with Gasteiger partial charge in [0.2, 0.25) is 0 Å².